The molecule has 0 aliphatic carbocycles. The lowest BCUT2D eigenvalue weighted by Crippen LogP contribution is -2.30. The topological polar surface area (TPSA) is 55.4 Å². The highest BCUT2D eigenvalue weighted by molar-refractivity contribution is 7.08. The zero-order valence-electron chi connectivity index (χ0n) is 12.5. The molecule has 0 unspecified atom stereocenters. The van der Waals surface area contributed by atoms with Crippen LogP contribution in [0.5, 0.6) is 0 Å². The van der Waals surface area contributed by atoms with Crippen LogP contribution in [0.15, 0.2) is 47.2 Å². The first kappa shape index (κ1) is 17.2. The smallest absolute Gasteiger partial charge is 0.331 e. The molecular formula is C17H16ClNO3S. The van der Waals surface area contributed by atoms with Crippen LogP contribution in [0.4, 0.5) is 0 Å². The van der Waals surface area contributed by atoms with Crippen molar-refractivity contribution in [2.75, 3.05) is 6.61 Å². The Hall–Kier alpha value is -2.11. The molecule has 2 aromatic rings. The van der Waals surface area contributed by atoms with E-state index in [-0.39, 0.29) is 18.6 Å². The van der Waals surface area contributed by atoms with Crippen molar-refractivity contribution in [3.63, 3.8) is 0 Å². The molecule has 120 valence electrons. The maximum absolute atomic E-state index is 11.8. The molecule has 0 aliphatic heterocycles. The van der Waals surface area contributed by atoms with E-state index >= 15 is 0 Å². The summed E-state index contributed by atoms with van der Waals surface area (Å²) in [7, 11) is 0. The Morgan fingerprint density at radius 2 is 2.04 bits per heavy atom. The number of esters is 1. The summed E-state index contributed by atoms with van der Waals surface area (Å²) in [5.41, 5.74) is 1.85. The van der Waals surface area contributed by atoms with Crippen LogP contribution in [0.25, 0.3) is 6.08 Å². The maximum atomic E-state index is 11.8. The summed E-state index contributed by atoms with van der Waals surface area (Å²) in [6, 6.07) is 8.88. The van der Waals surface area contributed by atoms with Gasteiger partial charge in [0.15, 0.2) is 6.61 Å². The fraction of sp³-hybridized carbons (Fsp3) is 0.176. The lowest BCUT2D eigenvalue weighted by atomic mass is 10.1. The van der Waals surface area contributed by atoms with Crippen molar-refractivity contribution in [2.24, 2.45) is 0 Å². The second kappa shape index (κ2) is 8.50. The first-order valence-electron chi connectivity index (χ1n) is 6.96. The molecule has 1 amide bonds. The summed E-state index contributed by atoms with van der Waals surface area (Å²) in [6.45, 7) is 1.53. The minimum Gasteiger partial charge on any atom is -0.452 e. The van der Waals surface area contributed by atoms with Crippen LogP contribution in [0.2, 0.25) is 5.02 Å². The fourth-order valence-corrected chi connectivity index (χ4v) is 2.59. The molecule has 0 saturated heterocycles. The molecule has 2 rings (SSSR count). The van der Waals surface area contributed by atoms with Gasteiger partial charge in [0.2, 0.25) is 0 Å². The summed E-state index contributed by atoms with van der Waals surface area (Å²) >= 11 is 7.36. The van der Waals surface area contributed by atoms with Crippen molar-refractivity contribution in [3.05, 3.63) is 63.3 Å². The number of amides is 1. The Morgan fingerprint density at radius 1 is 1.30 bits per heavy atom. The van der Waals surface area contributed by atoms with Gasteiger partial charge in [-0.2, -0.15) is 11.3 Å². The highest BCUT2D eigenvalue weighted by Gasteiger charge is 2.11. The van der Waals surface area contributed by atoms with Crippen molar-refractivity contribution < 1.29 is 14.3 Å². The zero-order valence-corrected chi connectivity index (χ0v) is 14.1. The molecule has 0 saturated carbocycles. The molecule has 1 heterocycles. The monoisotopic (exact) mass is 349 g/mol. The molecule has 1 aromatic heterocycles. The molecular weight excluding hydrogens is 334 g/mol. The Balaban J connectivity index is 1.76. The third-order valence-corrected chi connectivity index (χ3v) is 4.00. The highest BCUT2D eigenvalue weighted by atomic mass is 35.5. The van der Waals surface area contributed by atoms with Gasteiger partial charge in [0.25, 0.3) is 5.91 Å². The van der Waals surface area contributed by atoms with E-state index in [1.54, 1.807) is 18.2 Å². The number of rotatable bonds is 6. The van der Waals surface area contributed by atoms with E-state index in [9.17, 15) is 9.59 Å². The minimum absolute atomic E-state index is 0.195. The van der Waals surface area contributed by atoms with E-state index < -0.39 is 5.97 Å². The maximum Gasteiger partial charge on any atom is 0.331 e. The average Bonchev–Trinajstić information content (AvgIpc) is 3.05. The van der Waals surface area contributed by atoms with Crippen molar-refractivity contribution in [3.8, 4) is 0 Å². The SMILES string of the molecule is C[C@H](NC(=O)COC(=O)/C=C/c1ccsc1)c1ccc(Cl)cc1. The van der Waals surface area contributed by atoms with E-state index in [0.717, 1.165) is 11.1 Å². The molecule has 0 radical (unpaired) electrons. The van der Waals surface area contributed by atoms with E-state index in [2.05, 4.69) is 5.32 Å². The summed E-state index contributed by atoms with van der Waals surface area (Å²) in [6.07, 6.45) is 2.95. The molecule has 0 spiro atoms. The van der Waals surface area contributed by atoms with Crippen molar-refractivity contribution in [1.29, 1.82) is 0 Å². The number of carbonyl (C=O) groups is 2. The van der Waals surface area contributed by atoms with Gasteiger partial charge >= 0.3 is 5.97 Å². The summed E-state index contributed by atoms with van der Waals surface area (Å²) < 4.78 is 4.90. The number of hydrogen-bond acceptors (Lipinski definition) is 4. The lowest BCUT2D eigenvalue weighted by molar-refractivity contribution is -0.144. The number of hydrogen-bond donors (Lipinski definition) is 1. The van der Waals surface area contributed by atoms with Crippen molar-refractivity contribution in [1.82, 2.24) is 5.32 Å². The highest BCUT2D eigenvalue weighted by Crippen LogP contribution is 2.15. The van der Waals surface area contributed by atoms with Crippen LogP contribution in [-0.4, -0.2) is 18.5 Å². The molecule has 0 fully saturated rings. The lowest BCUT2D eigenvalue weighted by Gasteiger charge is -2.14. The van der Waals surface area contributed by atoms with E-state index in [1.165, 1.54) is 17.4 Å². The van der Waals surface area contributed by atoms with Gasteiger partial charge in [-0.3, -0.25) is 4.79 Å². The third kappa shape index (κ3) is 5.88. The van der Waals surface area contributed by atoms with Gasteiger partial charge in [0.05, 0.1) is 6.04 Å². The van der Waals surface area contributed by atoms with Crippen LogP contribution < -0.4 is 5.32 Å². The van der Waals surface area contributed by atoms with Gasteiger partial charge in [-0.25, -0.2) is 4.79 Å². The fourth-order valence-electron chi connectivity index (χ4n) is 1.84. The predicted molar refractivity (Wildman–Crippen MR) is 92.3 cm³/mol. The number of ether oxygens (including phenoxy) is 1. The summed E-state index contributed by atoms with van der Waals surface area (Å²) in [5, 5.41) is 7.22. The Bertz CT molecular complexity index is 680. The number of carbonyl (C=O) groups excluding carboxylic acids is 2. The quantitative estimate of drug-likeness (QED) is 0.637. The largest absolute Gasteiger partial charge is 0.452 e. The molecule has 1 aromatic carbocycles. The van der Waals surface area contributed by atoms with Gasteiger partial charge in [-0.05, 0) is 53.1 Å². The normalized spacial score (nSPS) is 12.1. The van der Waals surface area contributed by atoms with Gasteiger partial charge in [-0.1, -0.05) is 23.7 Å². The second-order valence-electron chi connectivity index (χ2n) is 4.84. The van der Waals surface area contributed by atoms with Crippen LogP contribution in [0, 0.1) is 0 Å². The van der Waals surface area contributed by atoms with Crippen LogP contribution >= 0.6 is 22.9 Å². The van der Waals surface area contributed by atoms with Gasteiger partial charge in [-0.15, -0.1) is 0 Å². The molecule has 6 heteroatoms. The Labute approximate surface area is 143 Å². The van der Waals surface area contributed by atoms with Gasteiger partial charge in [0.1, 0.15) is 0 Å². The molecule has 23 heavy (non-hydrogen) atoms. The average molecular weight is 350 g/mol. The summed E-state index contributed by atoms with van der Waals surface area (Å²) in [4.78, 5) is 23.3. The molecule has 4 nitrogen and oxygen atoms in total. The van der Waals surface area contributed by atoms with E-state index in [4.69, 9.17) is 16.3 Å². The second-order valence-corrected chi connectivity index (χ2v) is 6.05. The Morgan fingerprint density at radius 3 is 2.70 bits per heavy atom. The van der Waals surface area contributed by atoms with Crippen LogP contribution in [0.1, 0.15) is 24.1 Å². The Kier molecular flexibility index (Phi) is 6.38. The zero-order chi connectivity index (χ0) is 16.7. The summed E-state index contributed by atoms with van der Waals surface area (Å²) in [5.74, 6) is -0.907. The van der Waals surface area contributed by atoms with Gasteiger partial charge < -0.3 is 10.1 Å². The van der Waals surface area contributed by atoms with Gasteiger partial charge in [0, 0.05) is 11.1 Å². The van der Waals surface area contributed by atoms with E-state index in [1.807, 2.05) is 35.9 Å². The van der Waals surface area contributed by atoms with Crippen LogP contribution in [-0.2, 0) is 14.3 Å². The minimum atomic E-state index is -0.550. The molecule has 0 aliphatic rings. The first-order valence-corrected chi connectivity index (χ1v) is 8.28. The number of nitrogens with one attached hydrogen (secondary N) is 1. The number of halogens is 1. The van der Waals surface area contributed by atoms with Crippen molar-refractivity contribution >= 4 is 40.9 Å². The molecule has 1 N–H and O–H groups in total. The number of thiophene rings is 1. The predicted octanol–water partition coefficient (Wildman–Crippen LogP) is 3.84. The number of benzene rings is 1. The van der Waals surface area contributed by atoms with E-state index in [0.29, 0.717) is 5.02 Å². The van der Waals surface area contributed by atoms with Crippen LogP contribution in [0.3, 0.4) is 0 Å². The molecule has 1 atom stereocenters. The first-order chi connectivity index (χ1) is 11.0. The van der Waals surface area contributed by atoms with Crippen molar-refractivity contribution in [2.45, 2.75) is 13.0 Å². The standard InChI is InChI=1S/C17H16ClNO3S/c1-12(14-3-5-15(18)6-4-14)19-16(20)10-22-17(21)7-2-13-8-9-23-11-13/h2-9,11-12H,10H2,1H3,(H,19,20)/b7-2+/t12-/m0/s1. The molecule has 0 bridgehead atoms. The third-order valence-electron chi connectivity index (χ3n) is 3.05.